The van der Waals surface area contributed by atoms with Crippen molar-refractivity contribution in [2.45, 2.75) is 101 Å². The molecule has 2 rings (SSSR count). The van der Waals surface area contributed by atoms with Gasteiger partial charge in [-0.25, -0.2) is 0 Å². The first-order valence-electron chi connectivity index (χ1n) is 10.0. The fourth-order valence-electron chi connectivity index (χ4n) is 4.25. The summed E-state index contributed by atoms with van der Waals surface area (Å²) in [5.74, 6) is 0.199. The van der Waals surface area contributed by atoms with E-state index in [9.17, 15) is 15.3 Å². The van der Waals surface area contributed by atoms with Crippen LogP contribution >= 0.6 is 0 Å². The molecule has 2 aliphatic rings. The lowest BCUT2D eigenvalue weighted by molar-refractivity contribution is -0.192. The molecule has 5 heteroatoms. The van der Waals surface area contributed by atoms with Gasteiger partial charge in [-0.15, -0.1) is 0 Å². The third-order valence-corrected chi connectivity index (χ3v) is 6.64. The lowest BCUT2D eigenvalue weighted by Gasteiger charge is -2.48. The fourth-order valence-corrected chi connectivity index (χ4v) is 4.25. The maximum atomic E-state index is 11.0. The van der Waals surface area contributed by atoms with Crippen LogP contribution in [0.25, 0.3) is 0 Å². The van der Waals surface area contributed by atoms with Crippen LogP contribution in [0.4, 0.5) is 0 Å². The van der Waals surface area contributed by atoms with Crippen LogP contribution in [-0.4, -0.2) is 49.9 Å². The van der Waals surface area contributed by atoms with Gasteiger partial charge in [0, 0.05) is 0 Å². The molecular formula is C22H38O5. The van der Waals surface area contributed by atoms with Gasteiger partial charge in [-0.05, 0) is 85.1 Å². The van der Waals surface area contributed by atoms with E-state index < -0.39 is 28.0 Å². The minimum Gasteiger partial charge on any atom is -0.488 e. The van der Waals surface area contributed by atoms with Crippen LogP contribution in [-0.2, 0) is 9.47 Å². The monoisotopic (exact) mass is 382 g/mol. The van der Waals surface area contributed by atoms with Crippen molar-refractivity contribution >= 4 is 0 Å². The number of hydrogen-bond acceptors (Lipinski definition) is 5. The molecule has 3 N–H and O–H groups in total. The largest absolute Gasteiger partial charge is 0.488 e. The summed E-state index contributed by atoms with van der Waals surface area (Å²) in [5, 5.41) is 31.4. The molecule has 1 fully saturated rings. The Labute approximate surface area is 164 Å². The second-order valence-electron chi connectivity index (χ2n) is 9.82. The van der Waals surface area contributed by atoms with Gasteiger partial charge in [0.25, 0.3) is 0 Å². The van der Waals surface area contributed by atoms with E-state index in [4.69, 9.17) is 9.47 Å². The van der Waals surface area contributed by atoms with Gasteiger partial charge < -0.3 is 24.8 Å². The maximum absolute atomic E-state index is 11.0. The van der Waals surface area contributed by atoms with Crippen LogP contribution in [0, 0.1) is 5.92 Å². The Morgan fingerprint density at radius 1 is 1.07 bits per heavy atom. The molecule has 0 spiro atoms. The van der Waals surface area contributed by atoms with Gasteiger partial charge in [0.05, 0.1) is 29.7 Å². The maximum Gasteiger partial charge on any atom is 0.155 e. The molecule has 2 atom stereocenters. The topological polar surface area (TPSA) is 79.2 Å². The minimum absolute atomic E-state index is 0.199. The molecule has 2 aliphatic carbocycles. The summed E-state index contributed by atoms with van der Waals surface area (Å²) in [7, 11) is 0. The highest BCUT2D eigenvalue weighted by molar-refractivity contribution is 5.20. The highest BCUT2D eigenvalue weighted by atomic mass is 16.6. The average molecular weight is 383 g/mol. The zero-order chi connectivity index (χ0) is 20.6. The van der Waals surface area contributed by atoms with Gasteiger partial charge in [-0.1, -0.05) is 12.7 Å². The summed E-state index contributed by atoms with van der Waals surface area (Å²) in [6, 6.07) is 0. The van der Waals surface area contributed by atoms with E-state index in [0.29, 0.717) is 25.7 Å². The highest BCUT2D eigenvalue weighted by Gasteiger charge is 2.50. The van der Waals surface area contributed by atoms with Crippen molar-refractivity contribution in [1.29, 1.82) is 0 Å². The van der Waals surface area contributed by atoms with Crippen LogP contribution in [0.3, 0.4) is 0 Å². The third-order valence-electron chi connectivity index (χ3n) is 6.64. The van der Waals surface area contributed by atoms with Gasteiger partial charge in [0.15, 0.2) is 5.60 Å². The summed E-state index contributed by atoms with van der Waals surface area (Å²) >= 11 is 0. The lowest BCUT2D eigenvalue weighted by atomic mass is 9.72. The van der Waals surface area contributed by atoms with Crippen molar-refractivity contribution in [2.24, 2.45) is 5.92 Å². The Balaban J connectivity index is 2.06. The number of ether oxygens (including phenoxy) is 2. The summed E-state index contributed by atoms with van der Waals surface area (Å²) in [4.78, 5) is 0. The summed E-state index contributed by atoms with van der Waals surface area (Å²) in [6.45, 7) is 13.3. The normalized spacial score (nSPS) is 37.9. The Hall–Kier alpha value is -0.880. The summed E-state index contributed by atoms with van der Waals surface area (Å²) in [5.41, 5.74) is -3.90. The summed E-state index contributed by atoms with van der Waals surface area (Å²) in [6.07, 6.45) is 8.97. The van der Waals surface area contributed by atoms with Crippen molar-refractivity contribution in [3.63, 3.8) is 0 Å². The molecule has 27 heavy (non-hydrogen) atoms. The van der Waals surface area contributed by atoms with Gasteiger partial charge in [0.1, 0.15) is 5.60 Å². The predicted molar refractivity (Wildman–Crippen MR) is 106 cm³/mol. The lowest BCUT2D eigenvalue weighted by Crippen LogP contribution is -2.56. The van der Waals surface area contributed by atoms with Crippen molar-refractivity contribution < 1.29 is 24.8 Å². The van der Waals surface area contributed by atoms with Gasteiger partial charge >= 0.3 is 0 Å². The Morgan fingerprint density at radius 3 is 2.11 bits per heavy atom. The molecule has 0 aliphatic heterocycles. The van der Waals surface area contributed by atoms with E-state index in [1.807, 2.05) is 33.8 Å². The molecule has 0 bridgehead atoms. The standard InChI is InChI=1S/C22H38O5/c1-7-26-22(14-12-20(6,24)13-15-22)19(4,5)27-16-21(25)10-8-17(9-11-21)18(2,3)23/h7,12,14,17,23-25H,1,8-11,13,15-16H2,2-6H3. The van der Waals surface area contributed by atoms with E-state index in [-0.39, 0.29) is 12.5 Å². The quantitative estimate of drug-likeness (QED) is 0.464. The molecule has 0 aromatic carbocycles. The molecule has 1 saturated carbocycles. The highest BCUT2D eigenvalue weighted by Crippen LogP contribution is 2.43. The zero-order valence-corrected chi connectivity index (χ0v) is 17.6. The van der Waals surface area contributed by atoms with Crippen molar-refractivity contribution in [3.05, 3.63) is 25.0 Å². The second kappa shape index (κ2) is 7.51. The predicted octanol–water partition coefficient (Wildman–Crippen LogP) is 3.47. The molecule has 0 heterocycles. The minimum atomic E-state index is -0.891. The molecule has 156 valence electrons. The first-order chi connectivity index (χ1) is 12.2. The average Bonchev–Trinajstić information content (AvgIpc) is 2.55. The van der Waals surface area contributed by atoms with Gasteiger partial charge in [0.2, 0.25) is 0 Å². The second-order valence-corrected chi connectivity index (χ2v) is 9.82. The number of rotatable bonds is 7. The number of aliphatic hydroxyl groups is 3. The third kappa shape index (κ3) is 5.14. The smallest absolute Gasteiger partial charge is 0.155 e. The molecular weight excluding hydrogens is 344 g/mol. The Morgan fingerprint density at radius 2 is 1.67 bits per heavy atom. The number of hydrogen-bond donors (Lipinski definition) is 3. The van der Waals surface area contributed by atoms with Crippen LogP contribution in [0.2, 0.25) is 0 Å². The van der Waals surface area contributed by atoms with Crippen molar-refractivity contribution in [1.82, 2.24) is 0 Å². The van der Waals surface area contributed by atoms with E-state index in [1.54, 1.807) is 13.0 Å². The zero-order valence-electron chi connectivity index (χ0n) is 17.6. The SMILES string of the molecule is C=COC1(C(C)(C)OCC2(O)CCC(C(C)(C)O)CC2)C=CC(C)(O)CC1. The van der Waals surface area contributed by atoms with Crippen LogP contribution < -0.4 is 0 Å². The molecule has 5 nitrogen and oxygen atoms in total. The van der Waals surface area contributed by atoms with Crippen LogP contribution in [0.5, 0.6) is 0 Å². The van der Waals surface area contributed by atoms with E-state index in [2.05, 4.69) is 6.58 Å². The van der Waals surface area contributed by atoms with Crippen LogP contribution in [0.15, 0.2) is 25.0 Å². The van der Waals surface area contributed by atoms with Crippen molar-refractivity contribution in [3.8, 4) is 0 Å². The molecule has 0 saturated heterocycles. The van der Waals surface area contributed by atoms with E-state index >= 15 is 0 Å². The fraction of sp³-hybridized carbons (Fsp3) is 0.818. The molecule has 0 amide bonds. The Bertz CT molecular complexity index is 550. The first kappa shape index (κ1) is 22.4. The summed E-state index contributed by atoms with van der Waals surface area (Å²) < 4.78 is 12.1. The molecule has 0 aromatic heterocycles. The molecule has 0 radical (unpaired) electrons. The van der Waals surface area contributed by atoms with Crippen molar-refractivity contribution in [2.75, 3.05) is 6.61 Å². The van der Waals surface area contributed by atoms with E-state index in [1.165, 1.54) is 6.26 Å². The Kier molecular flexibility index (Phi) is 6.23. The van der Waals surface area contributed by atoms with Gasteiger partial charge in [-0.2, -0.15) is 0 Å². The first-order valence-corrected chi connectivity index (χ1v) is 10.0. The molecule has 0 aromatic rings. The van der Waals surface area contributed by atoms with E-state index in [0.717, 1.165) is 12.8 Å². The van der Waals surface area contributed by atoms with Gasteiger partial charge in [-0.3, -0.25) is 0 Å². The van der Waals surface area contributed by atoms with Crippen LogP contribution in [0.1, 0.15) is 73.1 Å². The molecule has 2 unspecified atom stereocenters.